The molecule has 5 heteroatoms. The van der Waals surface area contributed by atoms with Crippen molar-refractivity contribution in [3.05, 3.63) is 23.4 Å². The standard InChI is InChI=1S/C16H27N3OS/c1-4-8-14-11-13(12-15(17-2)19-14)16(20)18-9-6-5-7-10-21-3/h11-12H,4-10H2,1-3H3,(H,17,19)(H,18,20). The zero-order valence-electron chi connectivity index (χ0n) is 13.4. The summed E-state index contributed by atoms with van der Waals surface area (Å²) in [4.78, 5) is 16.6. The van der Waals surface area contributed by atoms with E-state index in [0.717, 1.165) is 37.3 Å². The molecule has 118 valence electrons. The van der Waals surface area contributed by atoms with Crippen molar-refractivity contribution in [3.63, 3.8) is 0 Å². The van der Waals surface area contributed by atoms with E-state index < -0.39 is 0 Å². The predicted molar refractivity (Wildman–Crippen MR) is 92.3 cm³/mol. The maximum atomic E-state index is 12.2. The monoisotopic (exact) mass is 309 g/mol. The number of unbranched alkanes of at least 4 members (excludes halogenated alkanes) is 2. The molecule has 4 nitrogen and oxygen atoms in total. The fraction of sp³-hybridized carbons (Fsp3) is 0.625. The SMILES string of the molecule is CCCc1cc(C(=O)NCCCCCSC)cc(NC)n1. The minimum Gasteiger partial charge on any atom is -0.373 e. The van der Waals surface area contributed by atoms with E-state index in [0.29, 0.717) is 5.56 Å². The second-order valence-corrected chi connectivity index (χ2v) is 6.03. The molecular weight excluding hydrogens is 282 g/mol. The fourth-order valence-electron chi connectivity index (χ4n) is 2.08. The van der Waals surface area contributed by atoms with Crippen LogP contribution in [0.5, 0.6) is 0 Å². The third-order valence-corrected chi connectivity index (χ3v) is 3.91. The largest absolute Gasteiger partial charge is 0.373 e. The Balaban J connectivity index is 2.50. The Morgan fingerprint density at radius 1 is 1.29 bits per heavy atom. The van der Waals surface area contributed by atoms with Gasteiger partial charge in [0.15, 0.2) is 0 Å². The average Bonchev–Trinajstić information content (AvgIpc) is 2.50. The number of hydrogen-bond donors (Lipinski definition) is 2. The Hall–Kier alpha value is -1.23. The van der Waals surface area contributed by atoms with Gasteiger partial charge in [0.1, 0.15) is 5.82 Å². The highest BCUT2D eigenvalue weighted by molar-refractivity contribution is 7.98. The van der Waals surface area contributed by atoms with Crippen molar-refractivity contribution in [1.82, 2.24) is 10.3 Å². The lowest BCUT2D eigenvalue weighted by Crippen LogP contribution is -2.24. The number of hydrogen-bond acceptors (Lipinski definition) is 4. The molecule has 0 aliphatic heterocycles. The quantitative estimate of drug-likeness (QED) is 0.651. The Labute approximate surface area is 132 Å². The Morgan fingerprint density at radius 3 is 2.76 bits per heavy atom. The van der Waals surface area contributed by atoms with Crippen LogP contribution in [0.2, 0.25) is 0 Å². The zero-order chi connectivity index (χ0) is 15.5. The number of carbonyl (C=O) groups is 1. The number of pyridine rings is 1. The first-order valence-corrected chi connectivity index (χ1v) is 9.06. The molecule has 1 aromatic heterocycles. The van der Waals surface area contributed by atoms with Crippen LogP contribution in [-0.4, -0.2) is 36.5 Å². The molecule has 0 unspecified atom stereocenters. The third kappa shape index (κ3) is 6.85. The molecular formula is C16H27N3OS. The summed E-state index contributed by atoms with van der Waals surface area (Å²) in [6.07, 6.45) is 7.47. The van der Waals surface area contributed by atoms with Crippen LogP contribution in [0.25, 0.3) is 0 Å². The topological polar surface area (TPSA) is 54.0 Å². The van der Waals surface area contributed by atoms with Gasteiger partial charge in [-0.1, -0.05) is 19.8 Å². The van der Waals surface area contributed by atoms with Gasteiger partial charge in [0, 0.05) is 24.8 Å². The molecule has 0 spiro atoms. The number of carbonyl (C=O) groups excluding carboxylic acids is 1. The van der Waals surface area contributed by atoms with Crippen LogP contribution < -0.4 is 10.6 Å². The van der Waals surface area contributed by atoms with E-state index in [-0.39, 0.29) is 5.91 Å². The second kappa shape index (κ2) is 10.5. The number of anilines is 1. The van der Waals surface area contributed by atoms with Crippen molar-refractivity contribution in [2.45, 2.75) is 39.0 Å². The van der Waals surface area contributed by atoms with Gasteiger partial charge < -0.3 is 10.6 Å². The normalized spacial score (nSPS) is 10.4. The summed E-state index contributed by atoms with van der Waals surface area (Å²) in [6.45, 7) is 2.86. The van der Waals surface area contributed by atoms with Gasteiger partial charge in [-0.05, 0) is 43.4 Å². The first-order chi connectivity index (χ1) is 10.2. The van der Waals surface area contributed by atoms with E-state index in [2.05, 4.69) is 28.8 Å². The molecule has 0 aromatic carbocycles. The molecule has 1 heterocycles. The highest BCUT2D eigenvalue weighted by Gasteiger charge is 2.09. The lowest BCUT2D eigenvalue weighted by Gasteiger charge is -2.09. The third-order valence-electron chi connectivity index (χ3n) is 3.21. The molecule has 1 rings (SSSR count). The number of aryl methyl sites for hydroxylation is 1. The fourth-order valence-corrected chi connectivity index (χ4v) is 2.58. The summed E-state index contributed by atoms with van der Waals surface area (Å²) < 4.78 is 0. The van der Waals surface area contributed by atoms with Gasteiger partial charge in [-0.25, -0.2) is 4.98 Å². The summed E-state index contributed by atoms with van der Waals surface area (Å²) in [6, 6.07) is 3.70. The van der Waals surface area contributed by atoms with E-state index >= 15 is 0 Å². The highest BCUT2D eigenvalue weighted by atomic mass is 32.2. The maximum absolute atomic E-state index is 12.2. The number of thioether (sulfide) groups is 1. The van der Waals surface area contributed by atoms with Gasteiger partial charge in [-0.15, -0.1) is 0 Å². The summed E-state index contributed by atoms with van der Waals surface area (Å²) >= 11 is 1.87. The number of nitrogens with zero attached hydrogens (tertiary/aromatic N) is 1. The molecule has 0 bridgehead atoms. The van der Waals surface area contributed by atoms with Gasteiger partial charge in [0.05, 0.1) is 0 Å². The molecule has 0 aliphatic rings. The molecule has 0 fully saturated rings. The van der Waals surface area contributed by atoms with Crippen molar-refractivity contribution >= 4 is 23.5 Å². The van der Waals surface area contributed by atoms with Crippen LogP contribution in [0.4, 0.5) is 5.82 Å². The Morgan fingerprint density at radius 2 is 2.10 bits per heavy atom. The molecule has 1 aromatic rings. The number of amides is 1. The van der Waals surface area contributed by atoms with Gasteiger partial charge in [0.25, 0.3) is 5.91 Å². The minimum atomic E-state index is -0.00359. The molecule has 1 amide bonds. The second-order valence-electron chi connectivity index (χ2n) is 5.04. The van der Waals surface area contributed by atoms with Crippen LogP contribution in [0.3, 0.4) is 0 Å². The zero-order valence-corrected chi connectivity index (χ0v) is 14.2. The number of aromatic nitrogens is 1. The molecule has 21 heavy (non-hydrogen) atoms. The highest BCUT2D eigenvalue weighted by Crippen LogP contribution is 2.12. The van der Waals surface area contributed by atoms with Gasteiger partial charge in [-0.2, -0.15) is 11.8 Å². The Kier molecular flexibility index (Phi) is 8.90. The van der Waals surface area contributed by atoms with Crippen LogP contribution in [-0.2, 0) is 6.42 Å². The first-order valence-electron chi connectivity index (χ1n) is 7.67. The first kappa shape index (κ1) is 17.8. The van der Waals surface area contributed by atoms with E-state index in [4.69, 9.17) is 0 Å². The maximum Gasteiger partial charge on any atom is 0.251 e. The van der Waals surface area contributed by atoms with Crippen molar-refractivity contribution < 1.29 is 4.79 Å². The lowest BCUT2D eigenvalue weighted by atomic mass is 10.1. The van der Waals surface area contributed by atoms with E-state index in [1.54, 1.807) is 0 Å². The summed E-state index contributed by atoms with van der Waals surface area (Å²) in [5.41, 5.74) is 1.66. The summed E-state index contributed by atoms with van der Waals surface area (Å²) in [7, 11) is 1.82. The van der Waals surface area contributed by atoms with E-state index in [9.17, 15) is 4.79 Å². The van der Waals surface area contributed by atoms with Crippen molar-refractivity contribution in [2.24, 2.45) is 0 Å². The van der Waals surface area contributed by atoms with Crippen molar-refractivity contribution in [2.75, 3.05) is 30.9 Å². The van der Waals surface area contributed by atoms with Crippen LogP contribution >= 0.6 is 11.8 Å². The Bertz CT molecular complexity index is 438. The smallest absolute Gasteiger partial charge is 0.251 e. The molecule has 0 saturated heterocycles. The molecule has 0 radical (unpaired) electrons. The van der Waals surface area contributed by atoms with E-state index in [1.807, 2.05) is 30.9 Å². The van der Waals surface area contributed by atoms with Crippen molar-refractivity contribution in [3.8, 4) is 0 Å². The van der Waals surface area contributed by atoms with Gasteiger partial charge >= 0.3 is 0 Å². The summed E-state index contributed by atoms with van der Waals surface area (Å²) in [5.74, 6) is 1.95. The number of rotatable bonds is 10. The average molecular weight is 309 g/mol. The molecule has 0 saturated carbocycles. The lowest BCUT2D eigenvalue weighted by molar-refractivity contribution is 0.0953. The summed E-state index contributed by atoms with van der Waals surface area (Å²) in [5, 5.41) is 6.01. The molecule has 2 N–H and O–H groups in total. The minimum absolute atomic E-state index is 0.00359. The number of nitrogens with one attached hydrogen (secondary N) is 2. The van der Waals surface area contributed by atoms with Crippen LogP contribution in [0, 0.1) is 0 Å². The molecule has 0 atom stereocenters. The van der Waals surface area contributed by atoms with Crippen LogP contribution in [0.15, 0.2) is 12.1 Å². The molecule has 0 aliphatic carbocycles. The van der Waals surface area contributed by atoms with Crippen LogP contribution in [0.1, 0.15) is 48.7 Å². The van der Waals surface area contributed by atoms with Gasteiger partial charge in [-0.3, -0.25) is 4.79 Å². The predicted octanol–water partition coefficient (Wildman–Crippen LogP) is 3.34. The van der Waals surface area contributed by atoms with Gasteiger partial charge in [0.2, 0.25) is 0 Å². The van der Waals surface area contributed by atoms with E-state index in [1.165, 1.54) is 18.6 Å². The van der Waals surface area contributed by atoms with Crippen molar-refractivity contribution in [1.29, 1.82) is 0 Å².